The molecule has 1 unspecified atom stereocenters. The monoisotopic (exact) mass is 350 g/mol. The molecule has 0 amide bonds. The molecule has 1 heterocycles. The van der Waals surface area contributed by atoms with Crippen LogP contribution in [-0.4, -0.2) is 21.5 Å². The van der Waals surface area contributed by atoms with Gasteiger partial charge >= 0.3 is 0 Å². The molecule has 1 N–H and O–H groups in total. The molecule has 0 radical (unpaired) electrons. The van der Waals surface area contributed by atoms with Gasteiger partial charge in [0.05, 0.1) is 22.5 Å². The number of benzene rings is 1. The van der Waals surface area contributed by atoms with Crippen LogP contribution in [0.5, 0.6) is 0 Å². The molecule has 0 saturated heterocycles. The molecule has 0 fully saturated rings. The van der Waals surface area contributed by atoms with E-state index in [0.717, 1.165) is 35.2 Å². The fraction of sp³-hybridized carbons (Fsp3) is 0.471. The molecule has 1 aromatic carbocycles. The smallest absolute Gasteiger partial charge is 0.0738 e. The summed E-state index contributed by atoms with van der Waals surface area (Å²) in [4.78, 5) is 0. The van der Waals surface area contributed by atoms with Gasteiger partial charge in [-0.25, -0.2) is 0 Å². The number of nitrogens with zero attached hydrogens (tertiary/aromatic N) is 2. The van der Waals surface area contributed by atoms with Crippen LogP contribution in [0.2, 0.25) is 0 Å². The Bertz CT molecular complexity index is 588. The number of aliphatic hydroxyl groups excluding tert-OH is 1. The molecule has 0 aliphatic heterocycles. The van der Waals surface area contributed by atoms with Gasteiger partial charge in [-0.1, -0.05) is 37.3 Å². The van der Waals surface area contributed by atoms with Gasteiger partial charge in [-0.3, -0.25) is 4.68 Å². The van der Waals surface area contributed by atoms with Gasteiger partial charge in [0.15, 0.2) is 0 Å². The van der Waals surface area contributed by atoms with Crippen LogP contribution >= 0.6 is 15.9 Å². The summed E-state index contributed by atoms with van der Waals surface area (Å²) in [5.41, 5.74) is 3.09. The number of rotatable bonds is 6. The van der Waals surface area contributed by atoms with Crippen molar-refractivity contribution in [2.75, 3.05) is 6.61 Å². The lowest BCUT2D eigenvalue weighted by molar-refractivity contribution is 0.184. The fourth-order valence-corrected chi connectivity index (χ4v) is 3.26. The van der Waals surface area contributed by atoms with Crippen LogP contribution in [0.15, 0.2) is 34.8 Å². The third-order valence-electron chi connectivity index (χ3n) is 4.32. The van der Waals surface area contributed by atoms with Gasteiger partial charge in [0, 0.05) is 18.4 Å². The van der Waals surface area contributed by atoms with Crippen molar-refractivity contribution < 1.29 is 5.11 Å². The molecule has 2 rings (SSSR count). The van der Waals surface area contributed by atoms with E-state index in [0.29, 0.717) is 0 Å². The summed E-state index contributed by atoms with van der Waals surface area (Å²) in [5, 5.41) is 14.7. The summed E-state index contributed by atoms with van der Waals surface area (Å²) in [6.07, 6.45) is 1.66. The zero-order valence-electron chi connectivity index (χ0n) is 12.9. The van der Waals surface area contributed by atoms with Crippen molar-refractivity contribution in [3.8, 4) is 0 Å². The Balaban J connectivity index is 2.46. The number of aryl methyl sites for hydroxylation is 2. The highest BCUT2D eigenvalue weighted by molar-refractivity contribution is 9.10. The molecule has 4 heteroatoms. The van der Waals surface area contributed by atoms with Gasteiger partial charge in [0.2, 0.25) is 0 Å². The van der Waals surface area contributed by atoms with E-state index < -0.39 is 0 Å². The Morgan fingerprint density at radius 1 is 1.24 bits per heavy atom. The van der Waals surface area contributed by atoms with E-state index in [1.54, 1.807) is 0 Å². The molecule has 2 aromatic rings. The lowest BCUT2D eigenvalue weighted by Gasteiger charge is -2.32. The van der Waals surface area contributed by atoms with Crippen molar-refractivity contribution in [2.24, 2.45) is 0 Å². The van der Waals surface area contributed by atoms with E-state index in [9.17, 15) is 5.11 Å². The maximum atomic E-state index is 10.1. The first-order chi connectivity index (χ1) is 10.1. The molecule has 0 saturated carbocycles. The Morgan fingerprint density at radius 3 is 2.43 bits per heavy atom. The first-order valence-electron chi connectivity index (χ1n) is 7.46. The quantitative estimate of drug-likeness (QED) is 0.858. The van der Waals surface area contributed by atoms with Crippen molar-refractivity contribution in [1.29, 1.82) is 0 Å². The van der Waals surface area contributed by atoms with Crippen molar-refractivity contribution in [3.05, 3.63) is 51.8 Å². The minimum Gasteiger partial charge on any atom is -0.395 e. The molecular weight excluding hydrogens is 328 g/mol. The zero-order chi connectivity index (χ0) is 15.5. The van der Waals surface area contributed by atoms with Crippen LogP contribution < -0.4 is 0 Å². The third kappa shape index (κ3) is 3.06. The van der Waals surface area contributed by atoms with Crippen molar-refractivity contribution in [3.63, 3.8) is 0 Å². The van der Waals surface area contributed by atoms with Gasteiger partial charge < -0.3 is 5.11 Å². The normalized spacial score (nSPS) is 14.1. The summed E-state index contributed by atoms with van der Waals surface area (Å²) in [7, 11) is 0. The number of aromatic nitrogens is 2. The Labute approximate surface area is 135 Å². The summed E-state index contributed by atoms with van der Waals surface area (Å²) >= 11 is 3.66. The highest BCUT2D eigenvalue weighted by atomic mass is 79.9. The average molecular weight is 351 g/mol. The van der Waals surface area contributed by atoms with Crippen LogP contribution in [0.4, 0.5) is 0 Å². The summed E-state index contributed by atoms with van der Waals surface area (Å²) in [6.45, 7) is 7.21. The van der Waals surface area contributed by atoms with E-state index in [4.69, 9.17) is 0 Å². The van der Waals surface area contributed by atoms with Crippen molar-refractivity contribution >= 4 is 15.9 Å². The van der Waals surface area contributed by atoms with E-state index in [-0.39, 0.29) is 12.0 Å². The van der Waals surface area contributed by atoms with Gasteiger partial charge in [-0.15, -0.1) is 0 Å². The number of hydrogen-bond donors (Lipinski definition) is 1. The number of hydrogen-bond acceptors (Lipinski definition) is 2. The van der Waals surface area contributed by atoms with Crippen LogP contribution in [0.3, 0.4) is 0 Å². The maximum Gasteiger partial charge on any atom is 0.0738 e. The number of aliphatic hydroxyl groups is 1. The largest absolute Gasteiger partial charge is 0.395 e. The van der Waals surface area contributed by atoms with Gasteiger partial charge in [-0.05, 0) is 41.8 Å². The molecule has 3 nitrogen and oxygen atoms in total. The Morgan fingerprint density at radius 2 is 1.90 bits per heavy atom. The fourth-order valence-electron chi connectivity index (χ4n) is 2.84. The lowest BCUT2D eigenvalue weighted by atomic mass is 9.75. The topological polar surface area (TPSA) is 38.0 Å². The molecule has 0 aliphatic carbocycles. The second kappa shape index (κ2) is 6.75. The predicted molar refractivity (Wildman–Crippen MR) is 89.5 cm³/mol. The first kappa shape index (κ1) is 16.2. The molecule has 1 atom stereocenters. The molecule has 0 spiro atoms. The van der Waals surface area contributed by atoms with Crippen molar-refractivity contribution in [1.82, 2.24) is 9.78 Å². The minimum atomic E-state index is -0.261. The van der Waals surface area contributed by atoms with Gasteiger partial charge in [-0.2, -0.15) is 5.10 Å². The predicted octanol–water partition coefficient (Wildman–Crippen LogP) is 3.86. The minimum absolute atomic E-state index is 0.133. The van der Waals surface area contributed by atoms with Crippen LogP contribution in [0, 0.1) is 6.92 Å². The average Bonchev–Trinajstić information content (AvgIpc) is 2.80. The van der Waals surface area contributed by atoms with Crippen LogP contribution in [0.1, 0.15) is 37.2 Å². The first-order valence-corrected chi connectivity index (χ1v) is 8.25. The van der Waals surface area contributed by atoms with E-state index >= 15 is 0 Å². The third-order valence-corrected chi connectivity index (χ3v) is 5.36. The van der Waals surface area contributed by atoms with E-state index in [1.807, 2.05) is 29.8 Å². The van der Waals surface area contributed by atoms with Gasteiger partial charge in [0.1, 0.15) is 0 Å². The molecule has 21 heavy (non-hydrogen) atoms. The summed E-state index contributed by atoms with van der Waals surface area (Å²) < 4.78 is 3.09. The van der Waals surface area contributed by atoms with Gasteiger partial charge in [0.25, 0.3) is 0 Å². The Kier molecular flexibility index (Phi) is 5.22. The van der Waals surface area contributed by atoms with Crippen molar-refractivity contribution in [2.45, 2.75) is 45.6 Å². The summed E-state index contributed by atoms with van der Waals surface area (Å²) in [5.74, 6) is 0. The highest BCUT2D eigenvalue weighted by Gasteiger charge is 2.32. The van der Waals surface area contributed by atoms with E-state index in [1.165, 1.54) is 5.56 Å². The lowest BCUT2D eigenvalue weighted by Crippen LogP contribution is -2.33. The standard InChI is InChI=1S/C17H23BrN2O/c1-4-17(12-21,14-9-7-6-8-10-14)11-15-16(18)13(3)19-20(15)5-2/h6-10,21H,4-5,11-12H2,1-3H3. The van der Waals surface area contributed by atoms with Crippen LogP contribution in [-0.2, 0) is 18.4 Å². The maximum absolute atomic E-state index is 10.1. The Hall–Kier alpha value is -1.13. The van der Waals surface area contributed by atoms with Crippen LogP contribution in [0.25, 0.3) is 0 Å². The number of halogens is 1. The second-order valence-electron chi connectivity index (χ2n) is 5.50. The summed E-state index contributed by atoms with van der Waals surface area (Å²) in [6, 6.07) is 10.3. The highest BCUT2D eigenvalue weighted by Crippen LogP contribution is 2.34. The van der Waals surface area contributed by atoms with E-state index in [2.05, 4.69) is 47.0 Å². The molecule has 0 bridgehead atoms. The zero-order valence-corrected chi connectivity index (χ0v) is 14.5. The molecular formula is C17H23BrN2O. The molecule has 114 valence electrons. The SMILES string of the molecule is CCn1nc(C)c(Br)c1CC(CC)(CO)c1ccccc1. The second-order valence-corrected chi connectivity index (χ2v) is 6.29. The molecule has 1 aromatic heterocycles. The molecule has 0 aliphatic rings.